The Morgan fingerprint density at radius 3 is 2.72 bits per heavy atom. The van der Waals surface area contributed by atoms with E-state index in [2.05, 4.69) is 0 Å². The van der Waals surface area contributed by atoms with Gasteiger partial charge in [0, 0.05) is 23.6 Å². The molecule has 8 heteroatoms. The van der Waals surface area contributed by atoms with Crippen LogP contribution in [0.25, 0.3) is 6.08 Å². The van der Waals surface area contributed by atoms with Crippen molar-refractivity contribution in [2.75, 3.05) is 6.54 Å². The maximum absolute atomic E-state index is 12.6. The van der Waals surface area contributed by atoms with Crippen molar-refractivity contribution in [3.8, 4) is 5.75 Å². The van der Waals surface area contributed by atoms with Crippen molar-refractivity contribution >= 4 is 57.9 Å². The number of phenols is 1. The summed E-state index contributed by atoms with van der Waals surface area (Å²) in [5, 5.41) is 19.7. The molecule has 1 aliphatic heterocycles. The summed E-state index contributed by atoms with van der Waals surface area (Å²) in [6, 6.07) is 12.8. The lowest BCUT2D eigenvalue weighted by molar-refractivity contribution is -0.137. The van der Waals surface area contributed by atoms with Gasteiger partial charge in [-0.25, -0.2) is 0 Å². The summed E-state index contributed by atoms with van der Waals surface area (Å²) >= 11 is 12.6. The number of benzene rings is 2. The Morgan fingerprint density at radius 1 is 1.24 bits per heavy atom. The molecule has 29 heavy (non-hydrogen) atoms. The van der Waals surface area contributed by atoms with Gasteiger partial charge in [-0.3, -0.25) is 14.5 Å². The van der Waals surface area contributed by atoms with Gasteiger partial charge < -0.3 is 10.2 Å². The third-order valence-electron chi connectivity index (χ3n) is 4.38. The Bertz CT molecular complexity index is 1010. The first-order valence-electron chi connectivity index (χ1n) is 8.87. The van der Waals surface area contributed by atoms with Gasteiger partial charge in [-0.1, -0.05) is 59.8 Å². The van der Waals surface area contributed by atoms with Gasteiger partial charge in [0.1, 0.15) is 10.1 Å². The summed E-state index contributed by atoms with van der Waals surface area (Å²) in [5.41, 5.74) is 2.43. The van der Waals surface area contributed by atoms with E-state index < -0.39 is 5.97 Å². The summed E-state index contributed by atoms with van der Waals surface area (Å²) in [7, 11) is 0. The highest BCUT2D eigenvalue weighted by Crippen LogP contribution is 2.34. The van der Waals surface area contributed by atoms with E-state index in [-0.39, 0.29) is 24.6 Å². The summed E-state index contributed by atoms with van der Waals surface area (Å²) in [5.74, 6) is -1.13. The number of hydrogen-bond acceptors (Lipinski definition) is 5. The second kappa shape index (κ2) is 9.43. The van der Waals surface area contributed by atoms with Crippen LogP contribution in [0.1, 0.15) is 29.5 Å². The molecule has 1 heterocycles. The molecule has 0 aromatic heterocycles. The van der Waals surface area contributed by atoms with Crippen molar-refractivity contribution in [2.45, 2.75) is 19.3 Å². The van der Waals surface area contributed by atoms with Crippen LogP contribution < -0.4 is 0 Å². The third-order valence-corrected chi connectivity index (χ3v) is 6.12. The number of carboxylic acid groups (broad SMARTS) is 1. The maximum atomic E-state index is 12.6. The number of rotatable bonds is 7. The van der Waals surface area contributed by atoms with Crippen LogP contribution in [0.3, 0.4) is 0 Å². The van der Waals surface area contributed by atoms with Crippen molar-refractivity contribution in [1.29, 1.82) is 0 Å². The molecule has 2 aromatic carbocycles. The number of carbonyl (C=O) groups excluding carboxylic acids is 1. The molecule has 0 atom stereocenters. The molecule has 0 unspecified atom stereocenters. The number of thioether (sulfide) groups is 1. The van der Waals surface area contributed by atoms with E-state index in [1.807, 2.05) is 36.4 Å². The first kappa shape index (κ1) is 21.4. The standard InChI is InChI=1S/C21H18ClNO4S2/c22-16-5-2-1-4-14(16)10-13-7-8-17(24)15(11-13)12-18-20(27)23(21(28)29-18)9-3-6-19(25)26/h1-2,4-5,7-8,11-12,24H,3,6,9-10H2,(H,25,26). The first-order chi connectivity index (χ1) is 13.8. The second-order valence-electron chi connectivity index (χ2n) is 6.49. The van der Waals surface area contributed by atoms with E-state index in [0.29, 0.717) is 32.7 Å². The molecule has 5 nitrogen and oxygen atoms in total. The smallest absolute Gasteiger partial charge is 0.303 e. The summed E-state index contributed by atoms with van der Waals surface area (Å²) in [6.45, 7) is 0.257. The van der Waals surface area contributed by atoms with E-state index in [1.54, 1.807) is 12.1 Å². The van der Waals surface area contributed by atoms with Crippen molar-refractivity contribution in [3.63, 3.8) is 0 Å². The molecule has 0 bridgehead atoms. The largest absolute Gasteiger partial charge is 0.507 e. The summed E-state index contributed by atoms with van der Waals surface area (Å²) < 4.78 is 0.387. The highest BCUT2D eigenvalue weighted by molar-refractivity contribution is 8.26. The van der Waals surface area contributed by atoms with Gasteiger partial charge in [-0.15, -0.1) is 0 Å². The van der Waals surface area contributed by atoms with Crippen molar-refractivity contribution in [2.24, 2.45) is 0 Å². The lowest BCUT2D eigenvalue weighted by atomic mass is 10.0. The average molecular weight is 448 g/mol. The van der Waals surface area contributed by atoms with E-state index >= 15 is 0 Å². The van der Waals surface area contributed by atoms with Gasteiger partial charge in [0.05, 0.1) is 4.91 Å². The number of aliphatic carboxylic acids is 1. The van der Waals surface area contributed by atoms with Crippen LogP contribution in [0.2, 0.25) is 5.02 Å². The predicted octanol–water partition coefficient (Wildman–Crippen LogP) is 4.70. The number of phenolic OH excluding ortho intramolecular Hbond substituents is 1. The number of hydrogen-bond donors (Lipinski definition) is 2. The van der Waals surface area contributed by atoms with Gasteiger partial charge in [-0.2, -0.15) is 0 Å². The number of thiocarbonyl (C=S) groups is 1. The Balaban J connectivity index is 1.79. The molecule has 3 rings (SSSR count). The molecular weight excluding hydrogens is 430 g/mol. The molecule has 1 fully saturated rings. The van der Waals surface area contributed by atoms with Crippen LogP contribution in [0, 0.1) is 0 Å². The lowest BCUT2D eigenvalue weighted by Crippen LogP contribution is -2.29. The fraction of sp³-hybridized carbons (Fsp3) is 0.190. The highest BCUT2D eigenvalue weighted by Gasteiger charge is 2.31. The van der Waals surface area contributed by atoms with E-state index in [1.165, 1.54) is 4.90 Å². The fourth-order valence-electron chi connectivity index (χ4n) is 2.91. The molecule has 0 spiro atoms. The molecular formula is C21H18ClNO4S2. The molecule has 0 radical (unpaired) electrons. The number of carbonyl (C=O) groups is 2. The van der Waals surface area contributed by atoms with Crippen LogP contribution in [0.4, 0.5) is 0 Å². The molecule has 1 aliphatic rings. The maximum Gasteiger partial charge on any atom is 0.303 e. The molecule has 1 saturated heterocycles. The van der Waals surface area contributed by atoms with Crippen LogP contribution in [0.15, 0.2) is 47.4 Å². The van der Waals surface area contributed by atoms with Gasteiger partial charge in [0.2, 0.25) is 0 Å². The van der Waals surface area contributed by atoms with Crippen molar-refractivity contribution in [3.05, 3.63) is 69.1 Å². The number of halogens is 1. The number of aromatic hydroxyl groups is 1. The zero-order valence-corrected chi connectivity index (χ0v) is 17.7. The highest BCUT2D eigenvalue weighted by atomic mass is 35.5. The number of amides is 1. The Labute approximate surface area is 183 Å². The Morgan fingerprint density at radius 2 is 2.00 bits per heavy atom. The molecule has 0 aliphatic carbocycles. The van der Waals surface area contributed by atoms with Gasteiger partial charge in [0.25, 0.3) is 5.91 Å². The average Bonchev–Trinajstić information content (AvgIpc) is 2.93. The van der Waals surface area contributed by atoms with Crippen LogP contribution in [0.5, 0.6) is 5.75 Å². The lowest BCUT2D eigenvalue weighted by Gasteiger charge is -2.13. The van der Waals surface area contributed by atoms with Crippen LogP contribution in [-0.2, 0) is 16.0 Å². The third kappa shape index (κ3) is 5.38. The minimum Gasteiger partial charge on any atom is -0.507 e. The zero-order chi connectivity index (χ0) is 21.0. The first-order valence-corrected chi connectivity index (χ1v) is 10.5. The summed E-state index contributed by atoms with van der Waals surface area (Å²) in [6.07, 6.45) is 2.51. The van der Waals surface area contributed by atoms with Crippen molar-refractivity contribution in [1.82, 2.24) is 4.90 Å². The SMILES string of the molecule is O=C(O)CCCN1C(=O)C(=Cc2cc(Cc3ccccc3Cl)ccc2O)SC1=S. The Kier molecular flexibility index (Phi) is 6.95. The zero-order valence-electron chi connectivity index (χ0n) is 15.3. The number of carboxylic acids is 1. The molecule has 2 N–H and O–H groups in total. The monoisotopic (exact) mass is 447 g/mol. The second-order valence-corrected chi connectivity index (χ2v) is 8.57. The topological polar surface area (TPSA) is 77.8 Å². The Hall–Kier alpha value is -2.35. The van der Waals surface area contributed by atoms with E-state index in [4.69, 9.17) is 28.9 Å². The van der Waals surface area contributed by atoms with Gasteiger partial charge >= 0.3 is 5.97 Å². The van der Waals surface area contributed by atoms with Gasteiger partial charge in [-0.05, 0) is 48.2 Å². The van der Waals surface area contributed by atoms with E-state index in [0.717, 1.165) is 22.9 Å². The summed E-state index contributed by atoms with van der Waals surface area (Å²) in [4.78, 5) is 25.1. The van der Waals surface area contributed by atoms with Crippen LogP contribution in [-0.4, -0.2) is 37.9 Å². The van der Waals surface area contributed by atoms with Crippen molar-refractivity contribution < 1.29 is 19.8 Å². The van der Waals surface area contributed by atoms with E-state index in [9.17, 15) is 14.7 Å². The normalized spacial score (nSPS) is 15.3. The van der Waals surface area contributed by atoms with Gasteiger partial charge in [0.15, 0.2) is 0 Å². The molecule has 150 valence electrons. The fourth-order valence-corrected chi connectivity index (χ4v) is 4.42. The van der Waals surface area contributed by atoms with Crippen LogP contribution >= 0.6 is 35.6 Å². The number of nitrogens with zero attached hydrogens (tertiary/aromatic N) is 1. The molecule has 2 aromatic rings. The molecule has 1 amide bonds. The quantitative estimate of drug-likeness (QED) is 0.473. The minimum atomic E-state index is -0.911. The predicted molar refractivity (Wildman–Crippen MR) is 119 cm³/mol. The molecule has 0 saturated carbocycles. The minimum absolute atomic E-state index is 0.0268.